The van der Waals surface area contributed by atoms with Crippen LogP contribution in [0.1, 0.15) is 13.3 Å². The Morgan fingerprint density at radius 2 is 2.16 bits per heavy atom. The standard InChI is InChI=1S/C19H18FNO4/c1-10(2)9-14-19-8-7-13(25-19)15(18(23)24)16(19)17(22)21(14)12-6-4-3-5-11(12)20/h3-8,13-16H,1,9H2,2H3,(H,23,24)/p-1. The van der Waals surface area contributed by atoms with Crippen LogP contribution in [0.4, 0.5) is 10.1 Å². The summed E-state index contributed by atoms with van der Waals surface area (Å²) in [6.07, 6.45) is 3.12. The van der Waals surface area contributed by atoms with E-state index in [1.54, 1.807) is 18.2 Å². The van der Waals surface area contributed by atoms with Crippen LogP contribution in [-0.2, 0) is 14.3 Å². The van der Waals surface area contributed by atoms with Gasteiger partial charge < -0.3 is 19.5 Å². The fourth-order valence-electron chi connectivity index (χ4n) is 4.43. The van der Waals surface area contributed by atoms with Gasteiger partial charge in [0.1, 0.15) is 11.4 Å². The summed E-state index contributed by atoms with van der Waals surface area (Å²) in [4.78, 5) is 26.1. The maximum atomic E-state index is 14.4. The van der Waals surface area contributed by atoms with Crippen LogP contribution in [0.2, 0.25) is 0 Å². The fraction of sp³-hybridized carbons (Fsp3) is 0.368. The molecule has 4 rings (SSSR count). The van der Waals surface area contributed by atoms with E-state index in [1.807, 2.05) is 6.92 Å². The lowest BCUT2D eigenvalue weighted by molar-refractivity contribution is -0.313. The van der Waals surface area contributed by atoms with Crippen molar-refractivity contribution < 1.29 is 23.8 Å². The number of para-hydroxylation sites is 1. The second-order valence-corrected chi connectivity index (χ2v) is 6.95. The second kappa shape index (κ2) is 5.26. The number of nitrogens with zero attached hydrogens (tertiary/aromatic N) is 1. The van der Waals surface area contributed by atoms with E-state index in [0.717, 1.165) is 5.57 Å². The number of carbonyl (C=O) groups is 2. The SMILES string of the molecule is C=C(C)CC1N(c2ccccc2F)C(=O)C2C(C(=O)[O-])C3C=CC21O3. The van der Waals surface area contributed by atoms with Crippen LogP contribution in [0.15, 0.2) is 48.6 Å². The van der Waals surface area contributed by atoms with Crippen LogP contribution >= 0.6 is 0 Å². The third-order valence-electron chi connectivity index (χ3n) is 5.35. The smallest absolute Gasteiger partial charge is 0.234 e. The summed E-state index contributed by atoms with van der Waals surface area (Å²) in [6, 6.07) is 5.42. The van der Waals surface area contributed by atoms with Gasteiger partial charge in [0.2, 0.25) is 5.91 Å². The van der Waals surface area contributed by atoms with Crippen LogP contribution in [0.5, 0.6) is 0 Å². The first kappa shape index (κ1) is 16.0. The van der Waals surface area contributed by atoms with Crippen molar-refractivity contribution >= 4 is 17.6 Å². The van der Waals surface area contributed by atoms with E-state index in [0.29, 0.717) is 6.42 Å². The number of carboxylic acids is 1. The molecule has 3 heterocycles. The van der Waals surface area contributed by atoms with Gasteiger partial charge in [-0.05, 0) is 25.5 Å². The molecule has 0 saturated carbocycles. The van der Waals surface area contributed by atoms with E-state index in [4.69, 9.17) is 4.74 Å². The molecule has 2 bridgehead atoms. The number of carbonyl (C=O) groups excluding carboxylic acids is 2. The number of benzene rings is 1. The van der Waals surface area contributed by atoms with E-state index >= 15 is 0 Å². The van der Waals surface area contributed by atoms with Gasteiger partial charge in [-0.1, -0.05) is 29.9 Å². The highest BCUT2D eigenvalue weighted by Gasteiger charge is 2.70. The molecule has 25 heavy (non-hydrogen) atoms. The molecule has 1 aromatic rings. The van der Waals surface area contributed by atoms with Crippen molar-refractivity contribution in [3.05, 3.63) is 54.4 Å². The Balaban J connectivity index is 1.87. The van der Waals surface area contributed by atoms with Crippen LogP contribution in [0.25, 0.3) is 0 Å². The Morgan fingerprint density at radius 1 is 1.44 bits per heavy atom. The number of fused-ring (bicyclic) bond motifs is 1. The summed E-state index contributed by atoms with van der Waals surface area (Å²) in [5.74, 6) is -4.29. The number of rotatable bonds is 4. The van der Waals surface area contributed by atoms with Crippen molar-refractivity contribution in [1.29, 1.82) is 0 Å². The number of ether oxygens (including phenoxy) is 1. The highest BCUT2D eigenvalue weighted by molar-refractivity contribution is 6.03. The molecule has 6 heteroatoms. The Kier molecular flexibility index (Phi) is 3.37. The van der Waals surface area contributed by atoms with Crippen molar-refractivity contribution in [2.24, 2.45) is 11.8 Å². The summed E-state index contributed by atoms with van der Waals surface area (Å²) in [5, 5.41) is 11.6. The molecule has 1 aromatic carbocycles. The molecule has 5 unspecified atom stereocenters. The molecule has 1 amide bonds. The Hall–Kier alpha value is -2.47. The number of halogens is 1. The van der Waals surface area contributed by atoms with Gasteiger partial charge in [0.15, 0.2) is 0 Å². The predicted octanol–water partition coefficient (Wildman–Crippen LogP) is 1.20. The minimum Gasteiger partial charge on any atom is -0.550 e. The van der Waals surface area contributed by atoms with E-state index < -0.39 is 47.3 Å². The van der Waals surface area contributed by atoms with Crippen molar-refractivity contribution in [2.75, 3.05) is 4.90 Å². The van der Waals surface area contributed by atoms with Crippen LogP contribution in [0.3, 0.4) is 0 Å². The van der Waals surface area contributed by atoms with Crippen molar-refractivity contribution in [1.82, 2.24) is 0 Å². The molecule has 5 nitrogen and oxygen atoms in total. The maximum Gasteiger partial charge on any atom is 0.234 e. The number of hydrogen-bond acceptors (Lipinski definition) is 4. The predicted molar refractivity (Wildman–Crippen MR) is 85.8 cm³/mol. The lowest BCUT2D eigenvalue weighted by atomic mass is 9.74. The first-order valence-corrected chi connectivity index (χ1v) is 8.17. The minimum atomic E-state index is -1.32. The van der Waals surface area contributed by atoms with Gasteiger partial charge in [0, 0.05) is 11.9 Å². The molecule has 3 aliphatic rings. The number of carboxylic acid groups (broad SMARTS) is 1. The maximum absolute atomic E-state index is 14.4. The van der Waals surface area contributed by atoms with Gasteiger partial charge in [0.25, 0.3) is 0 Å². The van der Waals surface area contributed by atoms with E-state index in [1.165, 1.54) is 23.1 Å². The summed E-state index contributed by atoms with van der Waals surface area (Å²) in [5.41, 5.74) is -0.167. The normalized spacial score (nSPS) is 35.3. The zero-order valence-corrected chi connectivity index (χ0v) is 13.6. The topological polar surface area (TPSA) is 69.7 Å². The van der Waals surface area contributed by atoms with E-state index in [2.05, 4.69) is 6.58 Å². The molecule has 0 aromatic heterocycles. The van der Waals surface area contributed by atoms with Crippen molar-refractivity contribution in [2.45, 2.75) is 31.1 Å². The zero-order valence-electron chi connectivity index (χ0n) is 13.6. The highest BCUT2D eigenvalue weighted by atomic mass is 19.1. The number of hydrogen-bond donors (Lipinski definition) is 0. The minimum absolute atomic E-state index is 0.125. The first-order valence-electron chi connectivity index (χ1n) is 8.17. The average molecular weight is 342 g/mol. The third kappa shape index (κ3) is 2.03. The number of amides is 1. The molecule has 5 atom stereocenters. The molecular weight excluding hydrogens is 325 g/mol. The summed E-state index contributed by atoms with van der Waals surface area (Å²) in [6.45, 7) is 5.72. The third-order valence-corrected chi connectivity index (χ3v) is 5.35. The van der Waals surface area contributed by atoms with Crippen molar-refractivity contribution in [3.63, 3.8) is 0 Å². The Morgan fingerprint density at radius 3 is 2.80 bits per heavy atom. The molecular formula is C19H17FNO4-. The van der Waals surface area contributed by atoms with Crippen LogP contribution in [-0.4, -0.2) is 29.6 Å². The molecule has 3 aliphatic heterocycles. The van der Waals surface area contributed by atoms with Gasteiger partial charge in [-0.15, -0.1) is 6.58 Å². The van der Waals surface area contributed by atoms with Gasteiger partial charge >= 0.3 is 0 Å². The number of aliphatic carboxylic acids is 1. The lowest BCUT2D eigenvalue weighted by Gasteiger charge is -2.33. The lowest BCUT2D eigenvalue weighted by Crippen LogP contribution is -2.46. The quantitative estimate of drug-likeness (QED) is 0.771. The van der Waals surface area contributed by atoms with Crippen LogP contribution < -0.4 is 10.0 Å². The molecule has 1 spiro atoms. The highest BCUT2D eigenvalue weighted by Crippen LogP contribution is 2.56. The van der Waals surface area contributed by atoms with Gasteiger partial charge in [-0.25, -0.2) is 4.39 Å². The molecule has 0 N–H and O–H groups in total. The largest absolute Gasteiger partial charge is 0.550 e. The van der Waals surface area contributed by atoms with E-state index in [9.17, 15) is 19.1 Å². The molecule has 2 saturated heterocycles. The Bertz CT molecular complexity index is 819. The van der Waals surface area contributed by atoms with Gasteiger partial charge in [0.05, 0.1) is 23.8 Å². The second-order valence-electron chi connectivity index (χ2n) is 6.95. The summed E-state index contributed by atoms with van der Waals surface area (Å²) >= 11 is 0. The average Bonchev–Trinajstić information content (AvgIpc) is 3.18. The molecule has 0 aliphatic carbocycles. The van der Waals surface area contributed by atoms with E-state index in [-0.39, 0.29) is 5.69 Å². The van der Waals surface area contributed by atoms with Crippen LogP contribution in [0, 0.1) is 17.7 Å². The molecule has 2 fully saturated rings. The van der Waals surface area contributed by atoms with Gasteiger partial charge in [-0.2, -0.15) is 0 Å². The Labute approximate surface area is 144 Å². The number of anilines is 1. The summed E-state index contributed by atoms with van der Waals surface area (Å²) < 4.78 is 20.4. The van der Waals surface area contributed by atoms with Gasteiger partial charge in [-0.3, -0.25) is 4.79 Å². The molecule has 130 valence electrons. The first-order chi connectivity index (χ1) is 11.9. The summed E-state index contributed by atoms with van der Waals surface area (Å²) in [7, 11) is 0. The van der Waals surface area contributed by atoms with Crippen molar-refractivity contribution in [3.8, 4) is 0 Å². The fourth-order valence-corrected chi connectivity index (χ4v) is 4.43. The molecule has 0 radical (unpaired) electrons. The zero-order chi connectivity index (χ0) is 17.9. The monoisotopic (exact) mass is 342 g/mol.